The summed E-state index contributed by atoms with van der Waals surface area (Å²) >= 11 is 0. The Morgan fingerprint density at radius 1 is 1.00 bits per heavy atom. The van der Waals surface area contributed by atoms with Crippen molar-refractivity contribution >= 4 is 6.29 Å². The van der Waals surface area contributed by atoms with Crippen molar-refractivity contribution < 1.29 is 4.79 Å². The van der Waals surface area contributed by atoms with Crippen LogP contribution in [0.3, 0.4) is 0 Å². The van der Waals surface area contributed by atoms with Gasteiger partial charge in [0, 0.05) is 45.1 Å². The van der Waals surface area contributed by atoms with Crippen molar-refractivity contribution in [3.63, 3.8) is 0 Å². The molecule has 3 rings (SSSR count). The molecule has 0 spiro atoms. The average molecular weight is 309 g/mol. The smallest absolute Gasteiger partial charge is 0.141 e. The van der Waals surface area contributed by atoms with Crippen LogP contribution < -0.4 is 0 Å². The van der Waals surface area contributed by atoms with E-state index in [-0.39, 0.29) is 6.04 Å². The molecule has 1 aromatic carbocycles. The zero-order chi connectivity index (χ0) is 15.9. The molecule has 4 heteroatoms. The number of aldehydes is 1. The van der Waals surface area contributed by atoms with Gasteiger partial charge in [-0.25, -0.2) is 0 Å². The van der Waals surface area contributed by atoms with Crippen LogP contribution in [0.5, 0.6) is 0 Å². The van der Waals surface area contributed by atoms with E-state index >= 15 is 0 Å². The van der Waals surface area contributed by atoms with Crippen LogP contribution >= 0.6 is 0 Å². The predicted molar refractivity (Wildman–Crippen MR) is 91.2 cm³/mol. The molecule has 120 valence electrons. The number of piperazine rings is 1. The first-order valence-electron chi connectivity index (χ1n) is 8.22. The van der Waals surface area contributed by atoms with Gasteiger partial charge in [0.05, 0.1) is 6.04 Å². The molecule has 1 fully saturated rings. The fourth-order valence-electron chi connectivity index (χ4n) is 3.13. The first kappa shape index (κ1) is 15.8. The summed E-state index contributed by atoms with van der Waals surface area (Å²) < 4.78 is 0. The highest BCUT2D eigenvalue weighted by atomic mass is 16.1. The number of hydrogen-bond donors (Lipinski definition) is 0. The van der Waals surface area contributed by atoms with E-state index < -0.39 is 0 Å². The third-order valence-electron chi connectivity index (χ3n) is 4.54. The molecule has 2 heterocycles. The maximum atomic E-state index is 11.5. The lowest BCUT2D eigenvalue weighted by molar-refractivity contribution is -0.113. The summed E-state index contributed by atoms with van der Waals surface area (Å²) in [5.74, 6) is 0. The summed E-state index contributed by atoms with van der Waals surface area (Å²) in [6, 6.07) is 14.3. The minimum Gasteiger partial charge on any atom is -0.301 e. The topological polar surface area (TPSA) is 36.4 Å². The van der Waals surface area contributed by atoms with Crippen LogP contribution in [-0.2, 0) is 11.2 Å². The summed E-state index contributed by atoms with van der Waals surface area (Å²) in [5, 5.41) is 0. The fraction of sp³-hybridized carbons (Fsp3) is 0.368. The van der Waals surface area contributed by atoms with Gasteiger partial charge in [-0.05, 0) is 29.7 Å². The van der Waals surface area contributed by atoms with E-state index in [1.165, 1.54) is 5.56 Å². The molecule has 0 aliphatic carbocycles. The van der Waals surface area contributed by atoms with Crippen molar-refractivity contribution in [2.45, 2.75) is 12.5 Å². The van der Waals surface area contributed by atoms with Crippen molar-refractivity contribution in [2.24, 2.45) is 0 Å². The number of rotatable bonds is 6. The molecule has 0 N–H and O–H groups in total. The summed E-state index contributed by atoms with van der Waals surface area (Å²) in [4.78, 5) is 20.3. The molecular formula is C19H23N3O. The second-order valence-corrected chi connectivity index (χ2v) is 5.97. The minimum absolute atomic E-state index is 0.144. The Hall–Kier alpha value is -2.04. The van der Waals surface area contributed by atoms with Crippen LogP contribution in [0, 0.1) is 0 Å². The Morgan fingerprint density at radius 2 is 1.70 bits per heavy atom. The predicted octanol–water partition coefficient (Wildman–Crippen LogP) is 2.18. The lowest BCUT2D eigenvalue weighted by atomic mass is 10.1. The Balaban J connectivity index is 1.50. The zero-order valence-corrected chi connectivity index (χ0v) is 13.3. The summed E-state index contributed by atoms with van der Waals surface area (Å²) in [6.07, 6.45) is 5.64. The average Bonchev–Trinajstić information content (AvgIpc) is 2.63. The van der Waals surface area contributed by atoms with Gasteiger partial charge in [0.2, 0.25) is 0 Å². The van der Waals surface area contributed by atoms with Crippen LogP contribution in [-0.4, -0.2) is 53.8 Å². The number of carbonyl (C=O) groups is 1. The zero-order valence-electron chi connectivity index (χ0n) is 13.3. The van der Waals surface area contributed by atoms with Crippen molar-refractivity contribution in [1.82, 2.24) is 14.8 Å². The van der Waals surface area contributed by atoms with Gasteiger partial charge in [0.25, 0.3) is 0 Å². The highest BCUT2D eigenvalue weighted by molar-refractivity contribution is 5.61. The van der Waals surface area contributed by atoms with Gasteiger partial charge < -0.3 is 9.69 Å². The number of pyridine rings is 1. The Labute approximate surface area is 137 Å². The van der Waals surface area contributed by atoms with Crippen LogP contribution in [0.15, 0.2) is 54.9 Å². The van der Waals surface area contributed by atoms with E-state index in [1.807, 2.05) is 12.1 Å². The van der Waals surface area contributed by atoms with Gasteiger partial charge in [-0.1, -0.05) is 30.3 Å². The van der Waals surface area contributed by atoms with Crippen LogP contribution in [0.1, 0.15) is 17.2 Å². The first-order chi connectivity index (χ1) is 11.4. The van der Waals surface area contributed by atoms with Crippen molar-refractivity contribution in [3.05, 3.63) is 66.0 Å². The number of hydrogen-bond acceptors (Lipinski definition) is 4. The second-order valence-electron chi connectivity index (χ2n) is 5.97. The van der Waals surface area contributed by atoms with Gasteiger partial charge in [-0.2, -0.15) is 0 Å². The minimum atomic E-state index is -0.144. The second kappa shape index (κ2) is 7.99. The molecule has 1 aliphatic heterocycles. The number of benzene rings is 1. The summed E-state index contributed by atoms with van der Waals surface area (Å²) in [6.45, 7) is 4.98. The summed E-state index contributed by atoms with van der Waals surface area (Å²) in [7, 11) is 0. The van der Waals surface area contributed by atoms with Crippen LogP contribution in [0.2, 0.25) is 0 Å². The molecule has 0 bridgehead atoms. The molecule has 1 saturated heterocycles. The van der Waals surface area contributed by atoms with E-state index in [4.69, 9.17) is 0 Å². The van der Waals surface area contributed by atoms with Gasteiger partial charge >= 0.3 is 0 Å². The molecule has 23 heavy (non-hydrogen) atoms. The molecule has 2 aromatic rings. The maximum absolute atomic E-state index is 11.5. The van der Waals surface area contributed by atoms with Gasteiger partial charge in [0.15, 0.2) is 0 Å². The molecule has 0 amide bonds. The lowest BCUT2D eigenvalue weighted by Crippen LogP contribution is -2.48. The van der Waals surface area contributed by atoms with Gasteiger partial charge in [0.1, 0.15) is 6.29 Å². The monoisotopic (exact) mass is 309 g/mol. The molecular weight excluding hydrogens is 286 g/mol. The van der Waals surface area contributed by atoms with E-state index in [0.717, 1.165) is 51.0 Å². The fourth-order valence-corrected chi connectivity index (χ4v) is 3.13. The largest absolute Gasteiger partial charge is 0.301 e. The number of carbonyl (C=O) groups excluding carboxylic acids is 1. The molecule has 1 atom stereocenters. The van der Waals surface area contributed by atoms with E-state index in [9.17, 15) is 4.79 Å². The normalized spacial score (nSPS) is 17.7. The maximum Gasteiger partial charge on any atom is 0.141 e. The lowest BCUT2D eigenvalue weighted by Gasteiger charge is -2.37. The number of nitrogens with zero attached hydrogens (tertiary/aromatic N) is 3. The van der Waals surface area contributed by atoms with Crippen molar-refractivity contribution in [3.8, 4) is 0 Å². The Bertz CT molecular complexity index is 595. The highest BCUT2D eigenvalue weighted by Gasteiger charge is 2.24. The highest BCUT2D eigenvalue weighted by Crippen LogP contribution is 2.19. The summed E-state index contributed by atoms with van der Waals surface area (Å²) in [5.41, 5.74) is 2.42. The molecule has 0 radical (unpaired) electrons. The van der Waals surface area contributed by atoms with Crippen LogP contribution in [0.4, 0.5) is 0 Å². The van der Waals surface area contributed by atoms with Gasteiger partial charge in [-0.3, -0.25) is 9.88 Å². The standard InChI is InChI=1S/C19H23N3O/c23-16-19(18-6-9-20-10-7-18)22-14-12-21(13-15-22)11-8-17-4-2-1-3-5-17/h1-7,9-10,16,19H,8,11-15H2. The Kier molecular flexibility index (Phi) is 5.51. The molecule has 1 aliphatic rings. The Morgan fingerprint density at radius 3 is 2.35 bits per heavy atom. The van der Waals surface area contributed by atoms with Crippen molar-refractivity contribution in [1.29, 1.82) is 0 Å². The number of aromatic nitrogens is 1. The third kappa shape index (κ3) is 4.24. The third-order valence-corrected chi connectivity index (χ3v) is 4.54. The molecule has 4 nitrogen and oxygen atoms in total. The van der Waals surface area contributed by atoms with Crippen molar-refractivity contribution in [2.75, 3.05) is 32.7 Å². The van der Waals surface area contributed by atoms with E-state index in [2.05, 4.69) is 45.1 Å². The van der Waals surface area contributed by atoms with E-state index in [0.29, 0.717) is 0 Å². The van der Waals surface area contributed by atoms with Crippen LogP contribution in [0.25, 0.3) is 0 Å². The van der Waals surface area contributed by atoms with E-state index in [1.54, 1.807) is 12.4 Å². The molecule has 1 unspecified atom stereocenters. The van der Waals surface area contributed by atoms with Gasteiger partial charge in [-0.15, -0.1) is 0 Å². The molecule has 0 saturated carbocycles. The quantitative estimate of drug-likeness (QED) is 0.767. The SMILES string of the molecule is O=CC(c1ccncc1)N1CCN(CCc2ccccc2)CC1. The first-order valence-corrected chi connectivity index (χ1v) is 8.22. The molecule has 1 aromatic heterocycles.